The van der Waals surface area contributed by atoms with E-state index in [1.54, 1.807) is 0 Å². The van der Waals surface area contributed by atoms with Gasteiger partial charge >= 0.3 is 0 Å². The standard InChI is InChI=1S/C24H30N6O/c1-18-12-19(2)15-29(14-18)16-21-10-8-20(9-11-21)13-25-23(31)17-30-27-24(26-28-30)22-6-4-3-5-7-22/h3-11,18-19H,12-17H2,1-2H3,(H,25,31). The van der Waals surface area contributed by atoms with Crippen molar-refractivity contribution in [2.24, 2.45) is 11.8 Å². The molecule has 0 saturated carbocycles. The van der Waals surface area contributed by atoms with E-state index in [0.717, 1.165) is 29.5 Å². The average molecular weight is 419 g/mol. The molecular formula is C24H30N6O. The summed E-state index contributed by atoms with van der Waals surface area (Å²) in [5, 5.41) is 15.2. The maximum absolute atomic E-state index is 12.3. The molecule has 1 amide bonds. The third-order valence-electron chi connectivity index (χ3n) is 5.63. The Morgan fingerprint density at radius 1 is 1.00 bits per heavy atom. The Morgan fingerprint density at radius 2 is 1.68 bits per heavy atom. The Morgan fingerprint density at radius 3 is 2.39 bits per heavy atom. The van der Waals surface area contributed by atoms with Crippen molar-refractivity contribution in [1.82, 2.24) is 30.4 Å². The van der Waals surface area contributed by atoms with E-state index in [1.807, 2.05) is 30.3 Å². The number of aromatic nitrogens is 4. The number of benzene rings is 2. The van der Waals surface area contributed by atoms with Gasteiger partial charge in [0.25, 0.3) is 0 Å². The topological polar surface area (TPSA) is 75.9 Å². The largest absolute Gasteiger partial charge is 0.350 e. The van der Waals surface area contributed by atoms with Gasteiger partial charge < -0.3 is 5.32 Å². The highest BCUT2D eigenvalue weighted by Crippen LogP contribution is 2.22. The van der Waals surface area contributed by atoms with Gasteiger partial charge in [-0.1, -0.05) is 68.4 Å². The number of carbonyl (C=O) groups is 1. The molecular weight excluding hydrogens is 388 g/mol. The maximum atomic E-state index is 12.3. The Kier molecular flexibility index (Phi) is 6.72. The minimum atomic E-state index is -0.141. The van der Waals surface area contributed by atoms with E-state index in [-0.39, 0.29) is 12.5 Å². The van der Waals surface area contributed by atoms with E-state index in [4.69, 9.17) is 0 Å². The summed E-state index contributed by atoms with van der Waals surface area (Å²) < 4.78 is 0. The van der Waals surface area contributed by atoms with Gasteiger partial charge in [0.15, 0.2) is 0 Å². The highest BCUT2D eigenvalue weighted by Gasteiger charge is 2.21. The molecule has 2 aromatic carbocycles. The fourth-order valence-electron chi connectivity index (χ4n) is 4.34. The molecule has 2 heterocycles. The van der Waals surface area contributed by atoms with E-state index >= 15 is 0 Å². The number of amides is 1. The summed E-state index contributed by atoms with van der Waals surface area (Å²) in [6, 6.07) is 18.1. The smallest absolute Gasteiger partial charge is 0.243 e. The molecule has 1 fully saturated rings. The van der Waals surface area contributed by atoms with Crippen LogP contribution in [0.4, 0.5) is 0 Å². The van der Waals surface area contributed by atoms with Gasteiger partial charge in [0, 0.05) is 31.7 Å². The van der Waals surface area contributed by atoms with Gasteiger partial charge in [-0.15, -0.1) is 10.2 Å². The second-order valence-electron chi connectivity index (χ2n) is 8.74. The lowest BCUT2D eigenvalue weighted by Crippen LogP contribution is -2.38. The monoisotopic (exact) mass is 418 g/mol. The van der Waals surface area contributed by atoms with Crippen LogP contribution in [0.3, 0.4) is 0 Å². The second kappa shape index (κ2) is 9.83. The lowest BCUT2D eigenvalue weighted by Gasteiger charge is -2.35. The predicted molar refractivity (Wildman–Crippen MR) is 120 cm³/mol. The van der Waals surface area contributed by atoms with Gasteiger partial charge in [-0.3, -0.25) is 9.69 Å². The van der Waals surface area contributed by atoms with Crippen LogP contribution in [0, 0.1) is 11.8 Å². The highest BCUT2D eigenvalue weighted by molar-refractivity contribution is 5.75. The van der Waals surface area contributed by atoms with Crippen molar-refractivity contribution in [2.45, 2.75) is 39.9 Å². The fraction of sp³-hybridized carbons (Fsp3) is 0.417. The lowest BCUT2D eigenvalue weighted by atomic mass is 9.91. The molecule has 2 unspecified atom stereocenters. The van der Waals surface area contributed by atoms with Crippen molar-refractivity contribution in [1.29, 1.82) is 0 Å². The molecule has 1 N–H and O–H groups in total. The van der Waals surface area contributed by atoms with E-state index in [1.165, 1.54) is 29.9 Å². The number of hydrogen-bond acceptors (Lipinski definition) is 5. The lowest BCUT2D eigenvalue weighted by molar-refractivity contribution is -0.122. The summed E-state index contributed by atoms with van der Waals surface area (Å²) in [7, 11) is 0. The number of rotatable bonds is 7. The molecule has 1 aromatic heterocycles. The summed E-state index contributed by atoms with van der Waals surface area (Å²) in [4.78, 5) is 16.1. The Bertz CT molecular complexity index is 975. The van der Waals surface area contributed by atoms with E-state index < -0.39 is 0 Å². The van der Waals surface area contributed by atoms with Gasteiger partial charge in [-0.2, -0.15) is 4.80 Å². The number of hydrogen-bond donors (Lipinski definition) is 1. The first kappa shape index (κ1) is 21.2. The van der Waals surface area contributed by atoms with Crippen molar-refractivity contribution < 1.29 is 4.79 Å². The zero-order chi connectivity index (χ0) is 21.6. The van der Waals surface area contributed by atoms with Crippen molar-refractivity contribution in [2.75, 3.05) is 13.1 Å². The number of carbonyl (C=O) groups excluding carboxylic acids is 1. The number of piperidine rings is 1. The fourth-order valence-corrected chi connectivity index (χ4v) is 4.34. The van der Waals surface area contributed by atoms with Crippen molar-refractivity contribution >= 4 is 5.91 Å². The van der Waals surface area contributed by atoms with Crippen LogP contribution in [0.1, 0.15) is 31.4 Å². The average Bonchev–Trinajstić information content (AvgIpc) is 3.22. The zero-order valence-corrected chi connectivity index (χ0v) is 18.2. The van der Waals surface area contributed by atoms with Crippen molar-refractivity contribution in [3.63, 3.8) is 0 Å². The molecule has 7 heteroatoms. The number of nitrogens with zero attached hydrogens (tertiary/aromatic N) is 5. The third kappa shape index (κ3) is 5.98. The molecule has 162 valence electrons. The molecule has 0 aliphatic carbocycles. The zero-order valence-electron chi connectivity index (χ0n) is 18.2. The number of tetrazole rings is 1. The van der Waals surface area contributed by atoms with Crippen molar-refractivity contribution in [3.8, 4) is 11.4 Å². The molecule has 1 saturated heterocycles. The highest BCUT2D eigenvalue weighted by atomic mass is 16.2. The molecule has 1 aliphatic heterocycles. The summed E-state index contributed by atoms with van der Waals surface area (Å²) in [6.45, 7) is 8.54. The normalized spacial score (nSPS) is 19.3. The predicted octanol–water partition coefficient (Wildman–Crippen LogP) is 3.13. The third-order valence-corrected chi connectivity index (χ3v) is 5.63. The Labute approximate surface area is 183 Å². The Balaban J connectivity index is 1.25. The molecule has 3 aromatic rings. The molecule has 7 nitrogen and oxygen atoms in total. The SMILES string of the molecule is CC1CC(C)CN(Cc2ccc(CNC(=O)Cn3nnc(-c4ccccc4)n3)cc2)C1. The second-order valence-corrected chi connectivity index (χ2v) is 8.74. The van der Waals surface area contributed by atoms with E-state index in [2.05, 4.69) is 63.7 Å². The first-order chi connectivity index (χ1) is 15.0. The van der Waals surface area contributed by atoms with Gasteiger partial charge in [0.05, 0.1) is 0 Å². The molecule has 0 radical (unpaired) electrons. The van der Waals surface area contributed by atoms with Crippen LogP contribution in [0.5, 0.6) is 0 Å². The van der Waals surface area contributed by atoms with Gasteiger partial charge in [-0.05, 0) is 34.6 Å². The minimum absolute atomic E-state index is 0.0449. The van der Waals surface area contributed by atoms with Gasteiger partial charge in [0.1, 0.15) is 6.54 Å². The van der Waals surface area contributed by atoms with Gasteiger partial charge in [0.2, 0.25) is 11.7 Å². The molecule has 0 spiro atoms. The van der Waals surface area contributed by atoms with Crippen LogP contribution < -0.4 is 5.32 Å². The minimum Gasteiger partial charge on any atom is -0.350 e. The summed E-state index contributed by atoms with van der Waals surface area (Å²) >= 11 is 0. The van der Waals surface area contributed by atoms with Crippen LogP contribution in [-0.4, -0.2) is 44.1 Å². The number of nitrogens with one attached hydrogen (secondary N) is 1. The first-order valence-corrected chi connectivity index (χ1v) is 11.0. The summed E-state index contributed by atoms with van der Waals surface area (Å²) in [5.74, 6) is 1.90. The van der Waals surface area contributed by atoms with Gasteiger partial charge in [-0.25, -0.2) is 0 Å². The molecule has 1 aliphatic rings. The maximum Gasteiger partial charge on any atom is 0.243 e. The van der Waals surface area contributed by atoms with Crippen molar-refractivity contribution in [3.05, 3.63) is 65.7 Å². The van der Waals surface area contributed by atoms with Crippen LogP contribution >= 0.6 is 0 Å². The summed E-state index contributed by atoms with van der Waals surface area (Å²) in [5.41, 5.74) is 3.27. The van der Waals surface area contributed by atoms with Crippen LogP contribution in [0.15, 0.2) is 54.6 Å². The Hall–Kier alpha value is -3.06. The molecule has 0 bridgehead atoms. The molecule has 2 atom stereocenters. The van der Waals surface area contributed by atoms with E-state index in [0.29, 0.717) is 12.4 Å². The number of likely N-dealkylation sites (tertiary alicyclic amines) is 1. The van der Waals surface area contributed by atoms with Crippen LogP contribution in [-0.2, 0) is 24.4 Å². The van der Waals surface area contributed by atoms with Crippen LogP contribution in [0.2, 0.25) is 0 Å². The quantitative estimate of drug-likeness (QED) is 0.638. The molecule has 31 heavy (non-hydrogen) atoms. The first-order valence-electron chi connectivity index (χ1n) is 11.0. The van der Waals surface area contributed by atoms with E-state index in [9.17, 15) is 4.79 Å². The molecule has 4 rings (SSSR count). The summed E-state index contributed by atoms with van der Waals surface area (Å²) in [6.07, 6.45) is 1.33. The van der Waals surface area contributed by atoms with Crippen LogP contribution in [0.25, 0.3) is 11.4 Å².